The monoisotopic (exact) mass is 241 g/mol. The van der Waals surface area contributed by atoms with Gasteiger partial charge in [-0.05, 0) is 34.1 Å². The first-order valence-corrected chi connectivity index (χ1v) is 4.44. The van der Waals surface area contributed by atoms with Crippen molar-refractivity contribution in [3.63, 3.8) is 0 Å². The fourth-order valence-corrected chi connectivity index (χ4v) is 1.72. The highest BCUT2D eigenvalue weighted by Gasteiger charge is 2.01. The minimum Gasteiger partial charge on any atom is -0.322 e. The van der Waals surface area contributed by atoms with Gasteiger partial charge in [0.1, 0.15) is 5.82 Å². The van der Waals surface area contributed by atoms with Gasteiger partial charge < -0.3 is 4.98 Å². The lowest BCUT2D eigenvalue weighted by atomic mass is 10.2. The van der Waals surface area contributed by atoms with Gasteiger partial charge in [0.2, 0.25) is 5.56 Å². The molecular weight excluding hydrogens is 237 g/mol. The Morgan fingerprint density at radius 2 is 2.08 bits per heavy atom. The maximum atomic E-state index is 12.8. The van der Waals surface area contributed by atoms with Crippen molar-refractivity contribution >= 4 is 26.8 Å². The Labute approximate surface area is 81.5 Å². The Balaban J connectivity index is 2.95. The van der Waals surface area contributed by atoms with Crippen molar-refractivity contribution in [2.75, 3.05) is 0 Å². The van der Waals surface area contributed by atoms with Crippen LogP contribution in [0.2, 0.25) is 0 Å². The molecule has 13 heavy (non-hydrogen) atoms. The van der Waals surface area contributed by atoms with E-state index in [0.717, 1.165) is 0 Å². The van der Waals surface area contributed by atoms with Gasteiger partial charge in [0.15, 0.2) is 0 Å². The highest BCUT2D eigenvalue weighted by atomic mass is 79.9. The van der Waals surface area contributed by atoms with Gasteiger partial charge in [-0.15, -0.1) is 0 Å². The molecule has 0 radical (unpaired) electrons. The first-order valence-electron chi connectivity index (χ1n) is 3.65. The highest BCUT2D eigenvalue weighted by Crippen LogP contribution is 2.20. The molecule has 4 heteroatoms. The van der Waals surface area contributed by atoms with E-state index in [0.29, 0.717) is 15.4 Å². The summed E-state index contributed by atoms with van der Waals surface area (Å²) in [7, 11) is 0. The molecule has 0 aliphatic heterocycles. The van der Waals surface area contributed by atoms with Crippen LogP contribution in [0.3, 0.4) is 0 Å². The van der Waals surface area contributed by atoms with Gasteiger partial charge in [0.25, 0.3) is 0 Å². The van der Waals surface area contributed by atoms with Gasteiger partial charge in [-0.25, -0.2) is 4.39 Å². The summed E-state index contributed by atoms with van der Waals surface area (Å²) in [5, 5.41) is 0.666. The number of benzene rings is 1. The summed E-state index contributed by atoms with van der Waals surface area (Å²) < 4.78 is 13.4. The molecule has 0 saturated carbocycles. The maximum absolute atomic E-state index is 12.8. The molecule has 0 amide bonds. The second-order valence-corrected chi connectivity index (χ2v) is 3.53. The van der Waals surface area contributed by atoms with Crippen LogP contribution in [0.25, 0.3) is 10.9 Å². The summed E-state index contributed by atoms with van der Waals surface area (Å²) in [6, 6.07) is 5.60. The lowest BCUT2D eigenvalue weighted by molar-refractivity contribution is 0.629. The summed E-state index contributed by atoms with van der Waals surface area (Å²) in [6.45, 7) is 0. The van der Waals surface area contributed by atoms with Gasteiger partial charge in [0, 0.05) is 21.4 Å². The molecule has 0 atom stereocenters. The van der Waals surface area contributed by atoms with E-state index in [4.69, 9.17) is 0 Å². The standard InChI is InChI=1S/C9H5BrFNO/c10-7-4-9(13)12-8-2-1-5(11)3-6(7)8/h1-4H,(H,12,13). The summed E-state index contributed by atoms with van der Waals surface area (Å²) >= 11 is 3.20. The van der Waals surface area contributed by atoms with Crippen LogP contribution >= 0.6 is 15.9 Å². The number of nitrogens with one attached hydrogen (secondary N) is 1. The van der Waals surface area contributed by atoms with Crippen LogP contribution in [0.4, 0.5) is 4.39 Å². The van der Waals surface area contributed by atoms with Crippen LogP contribution in [0.1, 0.15) is 0 Å². The Hall–Kier alpha value is -1.16. The fourth-order valence-electron chi connectivity index (χ4n) is 1.18. The molecule has 0 fully saturated rings. The second kappa shape index (κ2) is 2.96. The number of halogens is 2. The molecule has 1 aromatic heterocycles. The van der Waals surface area contributed by atoms with Gasteiger partial charge in [-0.3, -0.25) is 4.79 Å². The number of pyridine rings is 1. The first-order chi connectivity index (χ1) is 6.16. The van der Waals surface area contributed by atoms with Crippen LogP contribution in [-0.4, -0.2) is 4.98 Å². The maximum Gasteiger partial charge on any atom is 0.249 e. The number of fused-ring (bicyclic) bond motifs is 1. The number of H-pyrrole nitrogens is 1. The van der Waals surface area contributed by atoms with Crippen LogP contribution in [0.5, 0.6) is 0 Å². The molecule has 0 aliphatic rings. The quantitative estimate of drug-likeness (QED) is 0.756. The first kappa shape index (κ1) is 8.44. The summed E-state index contributed by atoms with van der Waals surface area (Å²) in [6.07, 6.45) is 0. The molecule has 1 N–H and O–H groups in total. The van der Waals surface area contributed by atoms with Gasteiger partial charge >= 0.3 is 0 Å². The zero-order valence-electron chi connectivity index (χ0n) is 6.47. The zero-order valence-corrected chi connectivity index (χ0v) is 8.06. The van der Waals surface area contributed by atoms with Crippen molar-refractivity contribution in [2.45, 2.75) is 0 Å². The number of hydrogen-bond donors (Lipinski definition) is 1. The average molecular weight is 242 g/mol. The van der Waals surface area contributed by atoms with E-state index in [2.05, 4.69) is 20.9 Å². The molecule has 0 unspecified atom stereocenters. The van der Waals surface area contributed by atoms with Crippen molar-refractivity contribution in [1.82, 2.24) is 4.98 Å². The number of aromatic amines is 1. The summed E-state index contributed by atoms with van der Waals surface area (Å²) in [5.74, 6) is -0.319. The lowest BCUT2D eigenvalue weighted by Gasteiger charge is -1.99. The molecule has 66 valence electrons. The van der Waals surface area contributed by atoms with Gasteiger partial charge in [0.05, 0.1) is 0 Å². The Bertz CT molecular complexity index is 520. The fraction of sp³-hybridized carbons (Fsp3) is 0. The van der Waals surface area contributed by atoms with E-state index in [-0.39, 0.29) is 11.4 Å². The van der Waals surface area contributed by atoms with Crippen molar-refractivity contribution in [3.8, 4) is 0 Å². The van der Waals surface area contributed by atoms with Crippen molar-refractivity contribution in [3.05, 3.63) is 44.9 Å². The molecule has 1 aromatic carbocycles. The van der Waals surface area contributed by atoms with Crippen molar-refractivity contribution in [2.24, 2.45) is 0 Å². The molecule has 2 nitrogen and oxygen atoms in total. The molecule has 1 heterocycles. The number of hydrogen-bond acceptors (Lipinski definition) is 1. The van der Waals surface area contributed by atoms with E-state index in [1.807, 2.05) is 0 Å². The Morgan fingerprint density at radius 1 is 1.31 bits per heavy atom. The predicted molar refractivity (Wildman–Crippen MR) is 52.2 cm³/mol. The largest absolute Gasteiger partial charge is 0.322 e. The lowest BCUT2D eigenvalue weighted by Crippen LogP contribution is -2.03. The molecule has 0 saturated heterocycles. The molecule has 2 aromatic rings. The van der Waals surface area contributed by atoms with Crippen LogP contribution < -0.4 is 5.56 Å². The third kappa shape index (κ3) is 1.49. The van der Waals surface area contributed by atoms with Gasteiger partial charge in [-0.1, -0.05) is 0 Å². The molecule has 2 rings (SSSR count). The van der Waals surface area contributed by atoms with E-state index in [9.17, 15) is 9.18 Å². The normalized spacial score (nSPS) is 10.6. The Morgan fingerprint density at radius 3 is 2.85 bits per heavy atom. The molecule has 0 spiro atoms. The molecular formula is C9H5BrFNO. The molecule has 0 bridgehead atoms. The van der Waals surface area contributed by atoms with Crippen LogP contribution in [0.15, 0.2) is 33.5 Å². The van der Waals surface area contributed by atoms with E-state index in [1.165, 1.54) is 24.3 Å². The minimum atomic E-state index is -0.319. The highest BCUT2D eigenvalue weighted by molar-refractivity contribution is 9.10. The molecule has 0 aliphatic carbocycles. The average Bonchev–Trinajstić information content (AvgIpc) is 2.06. The van der Waals surface area contributed by atoms with E-state index >= 15 is 0 Å². The third-order valence-electron chi connectivity index (χ3n) is 1.75. The topological polar surface area (TPSA) is 32.9 Å². The minimum absolute atomic E-state index is 0.203. The van der Waals surface area contributed by atoms with Gasteiger partial charge in [-0.2, -0.15) is 0 Å². The smallest absolute Gasteiger partial charge is 0.249 e. The van der Waals surface area contributed by atoms with Crippen LogP contribution in [0, 0.1) is 5.82 Å². The van der Waals surface area contributed by atoms with Crippen molar-refractivity contribution < 1.29 is 4.39 Å². The third-order valence-corrected chi connectivity index (χ3v) is 2.41. The summed E-state index contributed by atoms with van der Waals surface area (Å²) in [5.41, 5.74) is 0.423. The summed E-state index contributed by atoms with van der Waals surface area (Å²) in [4.78, 5) is 13.6. The predicted octanol–water partition coefficient (Wildman–Crippen LogP) is 2.43. The number of rotatable bonds is 0. The van der Waals surface area contributed by atoms with E-state index < -0.39 is 0 Å². The van der Waals surface area contributed by atoms with Crippen molar-refractivity contribution in [1.29, 1.82) is 0 Å². The Kier molecular flexibility index (Phi) is 1.92. The second-order valence-electron chi connectivity index (χ2n) is 2.67. The van der Waals surface area contributed by atoms with E-state index in [1.54, 1.807) is 0 Å². The number of aromatic nitrogens is 1. The SMILES string of the molecule is O=c1cc(Br)c2cc(F)ccc2[nH]1. The van der Waals surface area contributed by atoms with Crippen LogP contribution in [-0.2, 0) is 0 Å². The zero-order chi connectivity index (χ0) is 9.42.